The van der Waals surface area contributed by atoms with Crippen molar-refractivity contribution in [3.63, 3.8) is 0 Å². The third-order valence-electron chi connectivity index (χ3n) is 4.88. The minimum atomic E-state index is 0.0633. The number of carbonyl (C=O) groups is 1. The Bertz CT molecular complexity index is 346. The normalized spacial score (nSPS) is 34.0. The first kappa shape index (κ1) is 17.1. The summed E-state index contributed by atoms with van der Waals surface area (Å²) in [5, 5.41) is 4.36. The lowest BCUT2D eigenvalue weighted by atomic mass is 9.92. The zero-order chi connectivity index (χ0) is 15.4. The molecule has 0 aromatic carbocycles. The van der Waals surface area contributed by atoms with Gasteiger partial charge >= 0.3 is 0 Å². The van der Waals surface area contributed by atoms with Crippen LogP contribution in [0.4, 0.5) is 0 Å². The Morgan fingerprint density at radius 3 is 2.76 bits per heavy atom. The molecule has 3 nitrogen and oxygen atoms in total. The van der Waals surface area contributed by atoms with Crippen LogP contribution in [-0.4, -0.2) is 40.6 Å². The Morgan fingerprint density at radius 2 is 2.14 bits per heavy atom. The van der Waals surface area contributed by atoms with E-state index in [1.54, 1.807) is 0 Å². The summed E-state index contributed by atoms with van der Waals surface area (Å²) in [5.41, 5.74) is 0. The highest BCUT2D eigenvalue weighted by Crippen LogP contribution is 2.33. The van der Waals surface area contributed by atoms with Crippen molar-refractivity contribution in [1.82, 2.24) is 10.2 Å². The number of hydrogen-bond donors (Lipinski definition) is 1. The summed E-state index contributed by atoms with van der Waals surface area (Å²) < 4.78 is 0. The smallest absolute Gasteiger partial charge is 0.241 e. The van der Waals surface area contributed by atoms with Crippen LogP contribution in [0.15, 0.2) is 0 Å². The summed E-state index contributed by atoms with van der Waals surface area (Å²) in [6.07, 6.45) is 10.6. The Kier molecular flexibility index (Phi) is 6.42. The van der Waals surface area contributed by atoms with Crippen LogP contribution in [0.3, 0.4) is 0 Å². The van der Waals surface area contributed by atoms with Crippen LogP contribution in [0.5, 0.6) is 0 Å². The lowest BCUT2D eigenvalue weighted by molar-refractivity contribution is -0.133. The number of nitrogens with zero attached hydrogens (tertiary/aromatic N) is 1. The van der Waals surface area contributed by atoms with Gasteiger partial charge in [-0.25, -0.2) is 0 Å². The van der Waals surface area contributed by atoms with Gasteiger partial charge in [-0.05, 0) is 44.3 Å². The maximum Gasteiger partial charge on any atom is 0.241 e. The van der Waals surface area contributed by atoms with E-state index in [0.717, 1.165) is 24.5 Å². The second-order valence-electron chi connectivity index (χ2n) is 7.08. The molecule has 1 heterocycles. The Labute approximate surface area is 134 Å². The first-order valence-corrected chi connectivity index (χ1v) is 9.96. The molecule has 1 aliphatic heterocycles. The SMILES string of the molecule is CCCC1NC(CC(C)C)N(C2CCCC(SC)C2)C1=O. The quantitative estimate of drug-likeness (QED) is 0.813. The van der Waals surface area contributed by atoms with Crippen molar-refractivity contribution in [1.29, 1.82) is 0 Å². The number of amides is 1. The molecule has 1 N–H and O–H groups in total. The van der Waals surface area contributed by atoms with Crippen LogP contribution in [0.1, 0.15) is 65.7 Å². The summed E-state index contributed by atoms with van der Waals surface area (Å²) in [7, 11) is 0. The van der Waals surface area contributed by atoms with Crippen molar-refractivity contribution in [2.45, 2.75) is 89.2 Å². The Balaban J connectivity index is 2.09. The van der Waals surface area contributed by atoms with Gasteiger partial charge in [-0.3, -0.25) is 10.1 Å². The summed E-state index contributed by atoms with van der Waals surface area (Å²) in [6.45, 7) is 6.67. The van der Waals surface area contributed by atoms with Crippen molar-refractivity contribution >= 4 is 17.7 Å². The van der Waals surface area contributed by atoms with Gasteiger partial charge in [0.15, 0.2) is 0 Å². The average molecular weight is 313 g/mol. The van der Waals surface area contributed by atoms with Crippen LogP contribution >= 0.6 is 11.8 Å². The number of thioether (sulfide) groups is 1. The monoisotopic (exact) mass is 312 g/mol. The predicted molar refractivity (Wildman–Crippen MR) is 91.5 cm³/mol. The fraction of sp³-hybridized carbons (Fsp3) is 0.941. The third kappa shape index (κ3) is 4.16. The molecule has 122 valence electrons. The highest BCUT2D eigenvalue weighted by atomic mass is 32.2. The summed E-state index contributed by atoms with van der Waals surface area (Å²) in [5.74, 6) is 0.993. The summed E-state index contributed by atoms with van der Waals surface area (Å²) in [6, 6.07) is 0.523. The minimum absolute atomic E-state index is 0.0633. The summed E-state index contributed by atoms with van der Waals surface area (Å²) >= 11 is 1.98. The average Bonchev–Trinajstić information content (AvgIpc) is 2.75. The van der Waals surface area contributed by atoms with Gasteiger partial charge in [0, 0.05) is 11.3 Å². The predicted octanol–water partition coefficient (Wildman–Crippen LogP) is 3.63. The molecule has 0 bridgehead atoms. The van der Waals surface area contributed by atoms with Gasteiger partial charge in [-0.15, -0.1) is 0 Å². The fourth-order valence-electron chi connectivity index (χ4n) is 3.86. The van der Waals surface area contributed by atoms with E-state index in [4.69, 9.17) is 0 Å². The van der Waals surface area contributed by atoms with Crippen LogP contribution in [0.2, 0.25) is 0 Å². The van der Waals surface area contributed by atoms with Crippen LogP contribution in [0, 0.1) is 5.92 Å². The molecule has 21 heavy (non-hydrogen) atoms. The van der Waals surface area contributed by atoms with Crippen molar-refractivity contribution < 1.29 is 4.79 Å². The van der Waals surface area contributed by atoms with E-state index in [9.17, 15) is 4.79 Å². The van der Waals surface area contributed by atoms with Gasteiger partial charge in [0.2, 0.25) is 5.91 Å². The first-order chi connectivity index (χ1) is 10.1. The molecule has 2 rings (SSSR count). The second kappa shape index (κ2) is 7.87. The van der Waals surface area contributed by atoms with Gasteiger partial charge in [-0.2, -0.15) is 11.8 Å². The molecule has 1 aliphatic carbocycles. The van der Waals surface area contributed by atoms with Crippen molar-refractivity contribution in [2.24, 2.45) is 5.92 Å². The molecular weight excluding hydrogens is 280 g/mol. The molecular formula is C17H32N2OS. The number of hydrogen-bond acceptors (Lipinski definition) is 3. The van der Waals surface area contributed by atoms with Gasteiger partial charge in [0.05, 0.1) is 12.2 Å². The molecule has 0 aromatic rings. The standard InChI is InChI=1S/C17H32N2OS/c1-5-7-15-17(20)19(16(18-15)10-12(2)3)13-8-6-9-14(11-13)21-4/h12-16,18H,5-11H2,1-4H3. The van der Waals surface area contributed by atoms with Crippen molar-refractivity contribution in [3.05, 3.63) is 0 Å². The summed E-state index contributed by atoms with van der Waals surface area (Å²) in [4.78, 5) is 15.1. The third-order valence-corrected chi connectivity index (χ3v) is 5.97. The van der Waals surface area contributed by atoms with E-state index in [-0.39, 0.29) is 12.2 Å². The zero-order valence-corrected chi connectivity index (χ0v) is 14.9. The van der Waals surface area contributed by atoms with Gasteiger partial charge < -0.3 is 4.90 Å². The van der Waals surface area contributed by atoms with Gasteiger partial charge in [-0.1, -0.05) is 33.6 Å². The number of nitrogens with one attached hydrogen (secondary N) is 1. The van der Waals surface area contributed by atoms with Crippen LogP contribution in [0.25, 0.3) is 0 Å². The van der Waals surface area contributed by atoms with E-state index in [0.29, 0.717) is 17.9 Å². The molecule has 4 heteroatoms. The maximum absolute atomic E-state index is 12.8. The molecule has 0 spiro atoms. The fourth-order valence-corrected chi connectivity index (χ4v) is 4.68. The molecule has 1 saturated heterocycles. The molecule has 4 atom stereocenters. The van der Waals surface area contributed by atoms with Crippen LogP contribution in [-0.2, 0) is 4.79 Å². The minimum Gasteiger partial charge on any atom is -0.323 e. The van der Waals surface area contributed by atoms with Gasteiger partial charge in [0.25, 0.3) is 0 Å². The molecule has 1 saturated carbocycles. The van der Waals surface area contributed by atoms with E-state index in [1.807, 2.05) is 11.8 Å². The van der Waals surface area contributed by atoms with Crippen molar-refractivity contribution in [2.75, 3.05) is 6.26 Å². The maximum atomic E-state index is 12.8. The van der Waals surface area contributed by atoms with E-state index < -0.39 is 0 Å². The Hall–Kier alpha value is -0.220. The second-order valence-corrected chi connectivity index (χ2v) is 8.21. The van der Waals surface area contributed by atoms with Gasteiger partial charge in [0.1, 0.15) is 0 Å². The number of carbonyl (C=O) groups excluding carboxylic acids is 1. The first-order valence-electron chi connectivity index (χ1n) is 8.67. The Morgan fingerprint density at radius 1 is 1.38 bits per heavy atom. The largest absolute Gasteiger partial charge is 0.323 e. The number of rotatable bonds is 6. The topological polar surface area (TPSA) is 32.3 Å². The van der Waals surface area contributed by atoms with Crippen molar-refractivity contribution in [3.8, 4) is 0 Å². The van der Waals surface area contributed by atoms with E-state index in [1.165, 1.54) is 25.7 Å². The lowest BCUT2D eigenvalue weighted by Crippen LogP contribution is -2.47. The highest BCUT2D eigenvalue weighted by molar-refractivity contribution is 7.99. The molecule has 2 fully saturated rings. The van der Waals surface area contributed by atoms with E-state index >= 15 is 0 Å². The molecule has 2 aliphatic rings. The molecule has 4 unspecified atom stereocenters. The lowest BCUT2D eigenvalue weighted by Gasteiger charge is -2.38. The van der Waals surface area contributed by atoms with E-state index in [2.05, 4.69) is 37.2 Å². The molecule has 1 amide bonds. The molecule has 0 radical (unpaired) electrons. The van der Waals surface area contributed by atoms with Crippen LogP contribution < -0.4 is 5.32 Å². The zero-order valence-electron chi connectivity index (χ0n) is 14.1. The molecule has 0 aromatic heterocycles. The highest BCUT2D eigenvalue weighted by Gasteiger charge is 2.43.